The van der Waals surface area contributed by atoms with Crippen molar-refractivity contribution in [3.8, 4) is 0 Å². The van der Waals surface area contributed by atoms with Gasteiger partial charge in [-0.15, -0.1) is 0 Å². The Labute approximate surface area is 123 Å². The van der Waals surface area contributed by atoms with E-state index in [1.807, 2.05) is 6.20 Å². The zero-order chi connectivity index (χ0) is 14.4. The quantitative estimate of drug-likeness (QED) is 0.835. The summed E-state index contributed by atoms with van der Waals surface area (Å²) >= 11 is 0. The molecule has 1 N–H and O–H groups in total. The second kappa shape index (κ2) is 7.60. The normalized spacial score (nSPS) is 20.9. The molecule has 0 saturated carbocycles. The van der Waals surface area contributed by atoms with Gasteiger partial charge in [-0.1, -0.05) is 13.0 Å². The topological polar surface area (TPSA) is 31.4 Å². The molecule has 1 saturated heterocycles. The van der Waals surface area contributed by atoms with Gasteiger partial charge in [-0.05, 0) is 51.5 Å². The molecule has 0 bridgehead atoms. The second-order valence-electron chi connectivity index (χ2n) is 5.86. The molecule has 0 aromatic carbocycles. The third kappa shape index (κ3) is 4.18. The molecule has 1 atom stereocenters. The number of pyridine rings is 1. The predicted molar refractivity (Wildman–Crippen MR) is 85.2 cm³/mol. The number of hydrogen-bond donors (Lipinski definition) is 1. The van der Waals surface area contributed by atoms with Crippen molar-refractivity contribution in [2.75, 3.05) is 38.1 Å². The van der Waals surface area contributed by atoms with Crippen molar-refractivity contribution in [1.29, 1.82) is 0 Å². The summed E-state index contributed by atoms with van der Waals surface area (Å²) in [5.41, 5.74) is 1.27. The molecule has 0 spiro atoms. The molecule has 1 fully saturated rings. The number of rotatable bonds is 5. The van der Waals surface area contributed by atoms with Gasteiger partial charge in [-0.25, -0.2) is 4.98 Å². The van der Waals surface area contributed by atoms with Crippen LogP contribution in [0.25, 0.3) is 0 Å². The highest BCUT2D eigenvalue weighted by atomic mass is 15.3. The van der Waals surface area contributed by atoms with Gasteiger partial charge in [0.05, 0.1) is 0 Å². The van der Waals surface area contributed by atoms with Crippen LogP contribution < -0.4 is 10.2 Å². The Morgan fingerprint density at radius 2 is 2.20 bits per heavy atom. The number of likely N-dealkylation sites (N-methyl/N-ethyl adjacent to an activating group) is 1. The minimum Gasteiger partial charge on any atom is -0.353 e. The first-order chi connectivity index (χ1) is 9.70. The Bertz CT molecular complexity index is 390. The summed E-state index contributed by atoms with van der Waals surface area (Å²) in [5.74, 6) is 1.12. The molecule has 2 heterocycles. The van der Waals surface area contributed by atoms with Gasteiger partial charge in [0, 0.05) is 31.9 Å². The van der Waals surface area contributed by atoms with Crippen molar-refractivity contribution in [2.24, 2.45) is 0 Å². The van der Waals surface area contributed by atoms with Crippen LogP contribution in [0.3, 0.4) is 0 Å². The Morgan fingerprint density at radius 3 is 2.90 bits per heavy atom. The molecule has 1 aliphatic heterocycles. The maximum Gasteiger partial charge on any atom is 0.128 e. The van der Waals surface area contributed by atoms with Crippen LogP contribution in [0.1, 0.15) is 32.3 Å². The van der Waals surface area contributed by atoms with E-state index < -0.39 is 0 Å². The van der Waals surface area contributed by atoms with Crippen molar-refractivity contribution >= 4 is 5.82 Å². The first-order valence-corrected chi connectivity index (χ1v) is 7.81. The van der Waals surface area contributed by atoms with E-state index >= 15 is 0 Å². The smallest absolute Gasteiger partial charge is 0.128 e. The van der Waals surface area contributed by atoms with Crippen molar-refractivity contribution in [2.45, 2.75) is 39.3 Å². The highest BCUT2D eigenvalue weighted by Gasteiger charge is 2.20. The molecule has 0 amide bonds. The first-order valence-electron chi connectivity index (χ1n) is 7.81. The minimum absolute atomic E-state index is 0.527. The fraction of sp³-hybridized carbons (Fsp3) is 0.688. The van der Waals surface area contributed by atoms with Gasteiger partial charge in [0.25, 0.3) is 0 Å². The third-order valence-electron chi connectivity index (χ3n) is 3.91. The summed E-state index contributed by atoms with van der Waals surface area (Å²) < 4.78 is 0. The van der Waals surface area contributed by atoms with Crippen LogP contribution in [-0.2, 0) is 6.54 Å². The van der Waals surface area contributed by atoms with E-state index in [0.717, 1.165) is 32.0 Å². The summed E-state index contributed by atoms with van der Waals surface area (Å²) in [6.45, 7) is 9.86. The lowest BCUT2D eigenvalue weighted by Gasteiger charge is -2.29. The van der Waals surface area contributed by atoms with Crippen LogP contribution >= 0.6 is 0 Å². The maximum absolute atomic E-state index is 4.67. The summed E-state index contributed by atoms with van der Waals surface area (Å²) in [6, 6.07) is 4.90. The predicted octanol–water partition coefficient (Wildman–Crippen LogP) is 2.11. The third-order valence-corrected chi connectivity index (χ3v) is 3.91. The molecule has 112 valence electrons. The van der Waals surface area contributed by atoms with Crippen LogP contribution in [0, 0.1) is 0 Å². The molecule has 1 aliphatic rings. The van der Waals surface area contributed by atoms with Crippen molar-refractivity contribution in [3.05, 3.63) is 23.9 Å². The average Bonchev–Trinajstić information content (AvgIpc) is 2.61. The number of nitrogens with one attached hydrogen (secondary N) is 1. The summed E-state index contributed by atoms with van der Waals surface area (Å²) in [4.78, 5) is 9.51. The number of hydrogen-bond acceptors (Lipinski definition) is 4. The fourth-order valence-electron chi connectivity index (χ4n) is 2.81. The summed E-state index contributed by atoms with van der Waals surface area (Å²) in [7, 11) is 2.20. The molecule has 1 unspecified atom stereocenters. The largest absolute Gasteiger partial charge is 0.353 e. The van der Waals surface area contributed by atoms with Gasteiger partial charge in [0.2, 0.25) is 0 Å². The standard InChI is InChI=1S/C16H28N4/c1-4-8-17-11-15-6-7-16(18-12-15)20-10-5-9-19(3)13-14(20)2/h6-7,12,14,17H,4-5,8-11,13H2,1-3H3. The minimum atomic E-state index is 0.527. The van der Waals surface area contributed by atoms with Crippen LogP contribution in [0.5, 0.6) is 0 Å². The van der Waals surface area contributed by atoms with E-state index in [1.165, 1.54) is 24.9 Å². The molecule has 2 rings (SSSR count). The van der Waals surface area contributed by atoms with Gasteiger partial charge >= 0.3 is 0 Å². The second-order valence-corrected chi connectivity index (χ2v) is 5.86. The number of nitrogens with zero attached hydrogens (tertiary/aromatic N) is 3. The number of aromatic nitrogens is 1. The molecule has 4 heteroatoms. The van der Waals surface area contributed by atoms with Crippen LogP contribution in [0.15, 0.2) is 18.3 Å². The fourth-order valence-corrected chi connectivity index (χ4v) is 2.81. The highest BCUT2D eigenvalue weighted by molar-refractivity contribution is 5.40. The van der Waals surface area contributed by atoms with Gasteiger partial charge in [0.15, 0.2) is 0 Å². The lowest BCUT2D eigenvalue weighted by molar-refractivity contribution is 0.337. The molecule has 1 aromatic heterocycles. The lowest BCUT2D eigenvalue weighted by atomic mass is 10.2. The molecular weight excluding hydrogens is 248 g/mol. The van der Waals surface area contributed by atoms with Gasteiger partial charge < -0.3 is 15.1 Å². The molecule has 1 aromatic rings. The molecule has 0 radical (unpaired) electrons. The Kier molecular flexibility index (Phi) is 5.80. The van der Waals surface area contributed by atoms with Crippen LogP contribution in [0.2, 0.25) is 0 Å². The maximum atomic E-state index is 4.67. The molecule has 4 nitrogen and oxygen atoms in total. The van der Waals surface area contributed by atoms with Crippen LogP contribution in [-0.4, -0.2) is 49.2 Å². The molecular formula is C16H28N4. The Balaban J connectivity index is 1.97. The van der Waals surface area contributed by atoms with Crippen molar-refractivity contribution in [3.63, 3.8) is 0 Å². The number of anilines is 1. The average molecular weight is 276 g/mol. The Morgan fingerprint density at radius 1 is 1.35 bits per heavy atom. The Hall–Kier alpha value is -1.13. The van der Waals surface area contributed by atoms with E-state index in [9.17, 15) is 0 Å². The van der Waals surface area contributed by atoms with E-state index in [0.29, 0.717) is 6.04 Å². The van der Waals surface area contributed by atoms with Crippen LogP contribution in [0.4, 0.5) is 5.82 Å². The van der Waals surface area contributed by atoms with E-state index in [2.05, 4.69) is 53.1 Å². The highest BCUT2D eigenvalue weighted by Crippen LogP contribution is 2.18. The zero-order valence-corrected chi connectivity index (χ0v) is 13.1. The molecule has 0 aliphatic carbocycles. The van der Waals surface area contributed by atoms with E-state index in [-0.39, 0.29) is 0 Å². The summed E-state index contributed by atoms with van der Waals surface area (Å²) in [6.07, 6.45) is 4.39. The van der Waals surface area contributed by atoms with E-state index in [4.69, 9.17) is 0 Å². The SMILES string of the molecule is CCCNCc1ccc(N2CCCN(C)CC2C)nc1. The van der Waals surface area contributed by atoms with Gasteiger partial charge in [0.1, 0.15) is 5.82 Å². The van der Waals surface area contributed by atoms with Crippen molar-refractivity contribution in [1.82, 2.24) is 15.2 Å². The van der Waals surface area contributed by atoms with E-state index in [1.54, 1.807) is 0 Å². The monoisotopic (exact) mass is 276 g/mol. The van der Waals surface area contributed by atoms with Gasteiger partial charge in [-0.3, -0.25) is 0 Å². The zero-order valence-electron chi connectivity index (χ0n) is 13.1. The van der Waals surface area contributed by atoms with Gasteiger partial charge in [-0.2, -0.15) is 0 Å². The lowest BCUT2D eigenvalue weighted by Crippen LogP contribution is -2.38. The molecule has 20 heavy (non-hydrogen) atoms. The van der Waals surface area contributed by atoms with Crippen molar-refractivity contribution < 1.29 is 0 Å². The summed E-state index contributed by atoms with van der Waals surface area (Å²) in [5, 5.41) is 3.41. The first kappa shape index (κ1) is 15.3.